The molecule has 3 nitrogen and oxygen atoms in total. The predicted octanol–water partition coefficient (Wildman–Crippen LogP) is 1.10. The van der Waals surface area contributed by atoms with E-state index in [0.717, 1.165) is 18.6 Å². The van der Waals surface area contributed by atoms with E-state index in [1.807, 2.05) is 6.07 Å². The lowest BCUT2D eigenvalue weighted by Crippen LogP contribution is -2.21. The Bertz CT molecular complexity index is 226. The van der Waals surface area contributed by atoms with Crippen molar-refractivity contribution in [1.82, 2.24) is 5.16 Å². The maximum atomic E-state index is 5.90. The summed E-state index contributed by atoms with van der Waals surface area (Å²) in [5.74, 6) is 0.946. The third kappa shape index (κ3) is 1.60. The van der Waals surface area contributed by atoms with Crippen molar-refractivity contribution < 1.29 is 4.52 Å². The van der Waals surface area contributed by atoms with Crippen LogP contribution in [-0.4, -0.2) is 10.7 Å². The van der Waals surface area contributed by atoms with Gasteiger partial charge in [0.1, 0.15) is 5.76 Å². The Labute approximate surface area is 65.6 Å². The molecule has 2 rings (SSSR count). The molecule has 1 fully saturated rings. The molecule has 0 saturated heterocycles. The second-order valence-electron chi connectivity index (χ2n) is 3.34. The first-order valence-corrected chi connectivity index (χ1v) is 3.97. The smallest absolute Gasteiger partial charge is 0.136 e. The first-order valence-electron chi connectivity index (χ1n) is 3.97. The Balaban J connectivity index is 1.83. The molecule has 0 aliphatic heterocycles. The van der Waals surface area contributed by atoms with E-state index in [-0.39, 0.29) is 5.54 Å². The Hall–Kier alpha value is -0.830. The minimum absolute atomic E-state index is 0.132. The van der Waals surface area contributed by atoms with Gasteiger partial charge in [-0.3, -0.25) is 0 Å². The van der Waals surface area contributed by atoms with Crippen molar-refractivity contribution in [3.63, 3.8) is 0 Å². The van der Waals surface area contributed by atoms with E-state index in [4.69, 9.17) is 10.3 Å². The molecule has 2 N–H and O–H groups in total. The molecule has 11 heavy (non-hydrogen) atoms. The number of rotatable bonds is 3. The summed E-state index contributed by atoms with van der Waals surface area (Å²) in [6, 6.07) is 1.89. The zero-order valence-electron chi connectivity index (χ0n) is 6.42. The van der Waals surface area contributed by atoms with E-state index in [1.54, 1.807) is 6.20 Å². The largest absolute Gasteiger partial charge is 0.361 e. The van der Waals surface area contributed by atoms with Crippen LogP contribution in [0.4, 0.5) is 0 Å². The molecule has 1 aliphatic carbocycles. The summed E-state index contributed by atoms with van der Waals surface area (Å²) in [5, 5.41) is 3.63. The molecular weight excluding hydrogens is 140 g/mol. The van der Waals surface area contributed by atoms with Crippen LogP contribution in [0.1, 0.15) is 25.0 Å². The zero-order valence-corrected chi connectivity index (χ0v) is 6.42. The zero-order chi connectivity index (χ0) is 7.73. The second-order valence-corrected chi connectivity index (χ2v) is 3.34. The molecule has 0 unspecified atom stereocenters. The number of nitrogens with two attached hydrogens (primary N) is 1. The number of nitrogens with zero attached hydrogens (tertiary/aromatic N) is 1. The van der Waals surface area contributed by atoms with E-state index in [2.05, 4.69) is 5.16 Å². The lowest BCUT2D eigenvalue weighted by atomic mass is 10.1. The average Bonchev–Trinajstić information content (AvgIpc) is 2.53. The highest BCUT2D eigenvalue weighted by Gasteiger charge is 2.37. The summed E-state index contributed by atoms with van der Waals surface area (Å²) >= 11 is 0. The normalized spacial score (nSPS) is 20.1. The summed E-state index contributed by atoms with van der Waals surface area (Å²) in [6.07, 6.45) is 5.96. The minimum atomic E-state index is 0.132. The standard InChI is InChI=1S/C8H12N2O/c9-8(4-5-8)3-1-7-2-6-10-11-7/h2,6H,1,3-5,9H2. The van der Waals surface area contributed by atoms with Gasteiger partial charge >= 0.3 is 0 Å². The van der Waals surface area contributed by atoms with Crippen LogP contribution in [0.5, 0.6) is 0 Å². The maximum absolute atomic E-state index is 5.90. The van der Waals surface area contributed by atoms with Crippen LogP contribution in [0, 0.1) is 0 Å². The Morgan fingerprint density at radius 2 is 2.45 bits per heavy atom. The van der Waals surface area contributed by atoms with Crippen LogP contribution in [0.3, 0.4) is 0 Å². The highest BCUT2D eigenvalue weighted by Crippen LogP contribution is 2.36. The first kappa shape index (κ1) is 6.85. The van der Waals surface area contributed by atoms with E-state index in [9.17, 15) is 0 Å². The van der Waals surface area contributed by atoms with Crippen molar-refractivity contribution in [3.05, 3.63) is 18.0 Å². The average molecular weight is 152 g/mol. The topological polar surface area (TPSA) is 52.0 Å². The summed E-state index contributed by atoms with van der Waals surface area (Å²) in [6.45, 7) is 0. The number of hydrogen-bond acceptors (Lipinski definition) is 3. The van der Waals surface area contributed by atoms with Crippen LogP contribution >= 0.6 is 0 Å². The van der Waals surface area contributed by atoms with Crippen LogP contribution in [0.2, 0.25) is 0 Å². The van der Waals surface area contributed by atoms with Crippen molar-refractivity contribution in [3.8, 4) is 0 Å². The molecule has 0 aromatic carbocycles. The van der Waals surface area contributed by atoms with E-state index >= 15 is 0 Å². The van der Waals surface area contributed by atoms with Gasteiger partial charge in [-0.1, -0.05) is 5.16 Å². The predicted molar refractivity (Wildman–Crippen MR) is 41.0 cm³/mol. The lowest BCUT2D eigenvalue weighted by Gasteiger charge is -2.04. The molecule has 60 valence electrons. The van der Waals surface area contributed by atoms with E-state index in [1.165, 1.54) is 12.8 Å². The van der Waals surface area contributed by atoms with Gasteiger partial charge in [-0.2, -0.15) is 0 Å². The molecule has 1 aromatic heterocycles. The monoisotopic (exact) mass is 152 g/mol. The number of aryl methyl sites for hydroxylation is 1. The highest BCUT2D eigenvalue weighted by atomic mass is 16.5. The third-order valence-corrected chi connectivity index (χ3v) is 2.25. The molecule has 3 heteroatoms. The fourth-order valence-electron chi connectivity index (χ4n) is 1.15. The molecule has 0 atom stereocenters. The summed E-state index contributed by atoms with van der Waals surface area (Å²) in [7, 11) is 0. The van der Waals surface area contributed by atoms with Gasteiger partial charge in [-0.15, -0.1) is 0 Å². The highest BCUT2D eigenvalue weighted by molar-refractivity contribution is 5.02. The first-order chi connectivity index (χ1) is 5.29. The number of hydrogen-bond donors (Lipinski definition) is 1. The summed E-state index contributed by atoms with van der Waals surface area (Å²) in [5.41, 5.74) is 6.03. The van der Waals surface area contributed by atoms with Gasteiger partial charge in [0.05, 0.1) is 6.20 Å². The lowest BCUT2D eigenvalue weighted by molar-refractivity contribution is 0.375. The van der Waals surface area contributed by atoms with Crippen LogP contribution < -0.4 is 5.73 Å². The van der Waals surface area contributed by atoms with E-state index < -0.39 is 0 Å². The molecule has 0 radical (unpaired) electrons. The molecule has 1 heterocycles. The van der Waals surface area contributed by atoms with Crippen molar-refractivity contribution in [2.45, 2.75) is 31.2 Å². The molecule has 1 aliphatic rings. The van der Waals surface area contributed by atoms with Crippen LogP contribution in [-0.2, 0) is 6.42 Å². The number of aromatic nitrogens is 1. The molecule has 0 spiro atoms. The fourth-order valence-corrected chi connectivity index (χ4v) is 1.15. The molecule has 0 amide bonds. The fraction of sp³-hybridized carbons (Fsp3) is 0.625. The van der Waals surface area contributed by atoms with Gasteiger partial charge in [-0.25, -0.2) is 0 Å². The molecular formula is C8H12N2O. The minimum Gasteiger partial charge on any atom is -0.361 e. The Morgan fingerprint density at radius 1 is 1.64 bits per heavy atom. The van der Waals surface area contributed by atoms with Crippen molar-refractivity contribution >= 4 is 0 Å². The Kier molecular flexibility index (Phi) is 1.46. The molecule has 0 bridgehead atoms. The van der Waals surface area contributed by atoms with Crippen LogP contribution in [0.25, 0.3) is 0 Å². The summed E-state index contributed by atoms with van der Waals surface area (Å²) in [4.78, 5) is 0. The molecule has 1 aromatic rings. The summed E-state index contributed by atoms with van der Waals surface area (Å²) < 4.78 is 4.95. The maximum Gasteiger partial charge on any atom is 0.136 e. The van der Waals surface area contributed by atoms with Gasteiger partial charge in [0.2, 0.25) is 0 Å². The third-order valence-electron chi connectivity index (χ3n) is 2.25. The van der Waals surface area contributed by atoms with Gasteiger partial charge in [0, 0.05) is 18.0 Å². The van der Waals surface area contributed by atoms with Crippen molar-refractivity contribution in [1.29, 1.82) is 0 Å². The molecule has 1 saturated carbocycles. The quantitative estimate of drug-likeness (QED) is 0.705. The van der Waals surface area contributed by atoms with Crippen LogP contribution in [0.15, 0.2) is 16.8 Å². The van der Waals surface area contributed by atoms with Gasteiger partial charge in [-0.05, 0) is 19.3 Å². The Morgan fingerprint density at radius 3 is 3.00 bits per heavy atom. The SMILES string of the molecule is NC1(CCc2ccno2)CC1. The van der Waals surface area contributed by atoms with Crippen molar-refractivity contribution in [2.75, 3.05) is 0 Å². The van der Waals surface area contributed by atoms with Gasteiger partial charge in [0.25, 0.3) is 0 Å². The van der Waals surface area contributed by atoms with Crippen molar-refractivity contribution in [2.24, 2.45) is 5.73 Å². The van der Waals surface area contributed by atoms with Gasteiger partial charge in [0.15, 0.2) is 0 Å². The van der Waals surface area contributed by atoms with E-state index in [0.29, 0.717) is 0 Å². The van der Waals surface area contributed by atoms with Gasteiger partial charge < -0.3 is 10.3 Å². The second kappa shape index (κ2) is 2.34.